The zero-order valence-electron chi connectivity index (χ0n) is 6.75. The number of aromatic carboxylic acids is 1. The van der Waals surface area contributed by atoms with Crippen LogP contribution in [0.5, 0.6) is 0 Å². The number of benzene rings is 1. The lowest BCUT2D eigenvalue weighted by atomic mass is 10.2. The summed E-state index contributed by atoms with van der Waals surface area (Å²) in [6.07, 6.45) is 0. The average Bonchev–Trinajstić information content (AvgIpc) is 2.43. The van der Waals surface area contributed by atoms with E-state index in [-0.39, 0.29) is 10.3 Å². The standard InChI is InChI=1S/C9H4F2O2S/c10-4-1-2-5-6(3-4)14-8(7(5)11)9(12)13/h1-3H,(H,12,13). The Bertz CT molecular complexity index is 519. The van der Waals surface area contributed by atoms with Gasteiger partial charge >= 0.3 is 5.97 Å². The highest BCUT2D eigenvalue weighted by Crippen LogP contribution is 2.30. The van der Waals surface area contributed by atoms with Gasteiger partial charge in [0.25, 0.3) is 0 Å². The van der Waals surface area contributed by atoms with E-state index in [4.69, 9.17) is 5.11 Å². The molecule has 0 saturated carbocycles. The van der Waals surface area contributed by atoms with E-state index in [1.807, 2.05) is 0 Å². The lowest BCUT2D eigenvalue weighted by Crippen LogP contribution is -1.94. The molecule has 2 rings (SSSR count). The molecule has 0 spiro atoms. The molecule has 0 fully saturated rings. The Hall–Kier alpha value is -1.49. The van der Waals surface area contributed by atoms with E-state index in [0.29, 0.717) is 4.70 Å². The lowest BCUT2D eigenvalue weighted by Gasteiger charge is -1.88. The number of hydrogen-bond acceptors (Lipinski definition) is 2. The lowest BCUT2D eigenvalue weighted by molar-refractivity contribution is 0.0698. The molecule has 2 nitrogen and oxygen atoms in total. The molecule has 1 aromatic heterocycles. The summed E-state index contributed by atoms with van der Waals surface area (Å²) in [5, 5.41) is 8.76. The summed E-state index contributed by atoms with van der Waals surface area (Å²) < 4.78 is 26.3. The molecule has 1 heterocycles. The van der Waals surface area contributed by atoms with Gasteiger partial charge in [-0.1, -0.05) is 0 Å². The second-order valence-corrected chi connectivity index (χ2v) is 3.74. The Kier molecular flexibility index (Phi) is 1.96. The molecule has 72 valence electrons. The summed E-state index contributed by atoms with van der Waals surface area (Å²) in [4.78, 5) is 10.2. The van der Waals surface area contributed by atoms with E-state index in [0.717, 1.165) is 23.5 Å². The van der Waals surface area contributed by atoms with Gasteiger partial charge < -0.3 is 5.11 Å². The van der Waals surface area contributed by atoms with E-state index in [1.54, 1.807) is 0 Å². The SMILES string of the molecule is O=C(O)c1sc2cc(F)ccc2c1F. The van der Waals surface area contributed by atoms with Gasteiger partial charge in [-0.2, -0.15) is 0 Å². The number of carboxylic acids is 1. The normalized spacial score (nSPS) is 10.7. The van der Waals surface area contributed by atoms with Crippen molar-refractivity contribution in [1.82, 2.24) is 0 Å². The topological polar surface area (TPSA) is 37.3 Å². The molecule has 1 aromatic carbocycles. The fraction of sp³-hybridized carbons (Fsp3) is 0. The first-order chi connectivity index (χ1) is 6.59. The zero-order chi connectivity index (χ0) is 10.3. The molecular formula is C9H4F2O2S. The maximum Gasteiger partial charge on any atom is 0.348 e. The second-order valence-electron chi connectivity index (χ2n) is 2.69. The van der Waals surface area contributed by atoms with Crippen molar-refractivity contribution in [3.63, 3.8) is 0 Å². The van der Waals surface area contributed by atoms with Crippen LogP contribution in [0, 0.1) is 11.6 Å². The van der Waals surface area contributed by atoms with E-state index >= 15 is 0 Å². The van der Waals surface area contributed by atoms with Crippen molar-refractivity contribution in [3.8, 4) is 0 Å². The van der Waals surface area contributed by atoms with Gasteiger partial charge in [0.1, 0.15) is 10.7 Å². The first-order valence-electron chi connectivity index (χ1n) is 3.70. The summed E-state index contributed by atoms with van der Waals surface area (Å²) in [5.41, 5.74) is 0. The minimum Gasteiger partial charge on any atom is -0.477 e. The van der Waals surface area contributed by atoms with Crippen molar-refractivity contribution in [2.45, 2.75) is 0 Å². The third-order valence-electron chi connectivity index (χ3n) is 1.79. The van der Waals surface area contributed by atoms with Crippen molar-refractivity contribution in [1.29, 1.82) is 0 Å². The Morgan fingerprint density at radius 2 is 2.07 bits per heavy atom. The maximum atomic E-state index is 13.3. The molecule has 0 saturated heterocycles. The van der Waals surface area contributed by atoms with E-state index in [2.05, 4.69) is 0 Å². The smallest absolute Gasteiger partial charge is 0.348 e. The molecule has 0 atom stereocenters. The molecule has 5 heteroatoms. The van der Waals surface area contributed by atoms with Crippen molar-refractivity contribution >= 4 is 27.4 Å². The van der Waals surface area contributed by atoms with Gasteiger partial charge in [0, 0.05) is 10.1 Å². The highest BCUT2D eigenvalue weighted by atomic mass is 32.1. The summed E-state index contributed by atoms with van der Waals surface area (Å²) in [5.74, 6) is -2.63. The minimum atomic E-state index is -1.33. The summed E-state index contributed by atoms with van der Waals surface area (Å²) in [6, 6.07) is 3.46. The van der Waals surface area contributed by atoms with Crippen LogP contribution in [-0.4, -0.2) is 11.1 Å². The first-order valence-corrected chi connectivity index (χ1v) is 4.52. The van der Waals surface area contributed by atoms with Crippen LogP contribution in [0.2, 0.25) is 0 Å². The molecule has 0 bridgehead atoms. The molecule has 0 aliphatic heterocycles. The van der Waals surface area contributed by atoms with Gasteiger partial charge in [-0.15, -0.1) is 11.3 Å². The summed E-state index contributed by atoms with van der Waals surface area (Å²) in [7, 11) is 0. The van der Waals surface area contributed by atoms with Crippen molar-refractivity contribution in [2.24, 2.45) is 0 Å². The molecule has 1 N–H and O–H groups in total. The Balaban J connectivity index is 2.79. The number of hydrogen-bond donors (Lipinski definition) is 1. The molecule has 2 aromatic rings. The maximum absolute atomic E-state index is 13.3. The predicted octanol–water partition coefficient (Wildman–Crippen LogP) is 2.88. The number of fused-ring (bicyclic) bond motifs is 1. The number of thiophene rings is 1. The highest BCUT2D eigenvalue weighted by Gasteiger charge is 2.17. The van der Waals surface area contributed by atoms with Crippen LogP contribution < -0.4 is 0 Å². The van der Waals surface area contributed by atoms with E-state index in [9.17, 15) is 13.6 Å². The summed E-state index contributed by atoms with van der Waals surface area (Å²) >= 11 is 0.732. The Morgan fingerprint density at radius 1 is 1.36 bits per heavy atom. The fourth-order valence-electron chi connectivity index (χ4n) is 1.18. The van der Waals surface area contributed by atoms with Crippen molar-refractivity contribution in [2.75, 3.05) is 0 Å². The number of rotatable bonds is 1. The van der Waals surface area contributed by atoms with Gasteiger partial charge in [0.05, 0.1) is 0 Å². The average molecular weight is 214 g/mol. The molecule has 0 aliphatic rings. The summed E-state index contributed by atoms with van der Waals surface area (Å²) in [6.45, 7) is 0. The quantitative estimate of drug-likeness (QED) is 0.792. The van der Waals surface area contributed by atoms with Gasteiger partial charge in [-0.05, 0) is 18.2 Å². The fourth-order valence-corrected chi connectivity index (χ4v) is 2.12. The predicted molar refractivity (Wildman–Crippen MR) is 48.7 cm³/mol. The van der Waals surface area contributed by atoms with E-state index < -0.39 is 17.6 Å². The molecule has 0 amide bonds. The number of carboxylic acid groups (broad SMARTS) is 1. The highest BCUT2D eigenvalue weighted by molar-refractivity contribution is 7.20. The molecule has 0 radical (unpaired) electrons. The Morgan fingerprint density at radius 3 is 2.71 bits per heavy atom. The van der Waals surface area contributed by atoms with Crippen LogP contribution in [0.25, 0.3) is 10.1 Å². The monoisotopic (exact) mass is 214 g/mol. The van der Waals surface area contributed by atoms with Crippen LogP contribution in [0.1, 0.15) is 9.67 Å². The first kappa shape index (κ1) is 9.08. The van der Waals surface area contributed by atoms with Crippen LogP contribution in [0.15, 0.2) is 18.2 Å². The van der Waals surface area contributed by atoms with Gasteiger partial charge in [-0.3, -0.25) is 0 Å². The zero-order valence-corrected chi connectivity index (χ0v) is 7.57. The van der Waals surface area contributed by atoms with Crippen LogP contribution in [-0.2, 0) is 0 Å². The molecule has 0 aliphatic carbocycles. The minimum absolute atomic E-state index is 0.147. The third-order valence-corrected chi connectivity index (χ3v) is 2.90. The largest absolute Gasteiger partial charge is 0.477 e. The van der Waals surface area contributed by atoms with Crippen molar-refractivity contribution in [3.05, 3.63) is 34.7 Å². The number of halogens is 2. The van der Waals surface area contributed by atoms with Gasteiger partial charge in [-0.25, -0.2) is 13.6 Å². The molecular weight excluding hydrogens is 210 g/mol. The third kappa shape index (κ3) is 1.26. The van der Waals surface area contributed by atoms with Crippen LogP contribution in [0.3, 0.4) is 0 Å². The van der Waals surface area contributed by atoms with Gasteiger partial charge in [0.15, 0.2) is 5.82 Å². The van der Waals surface area contributed by atoms with Crippen LogP contribution in [0.4, 0.5) is 8.78 Å². The number of carbonyl (C=O) groups is 1. The second kappa shape index (κ2) is 3.02. The van der Waals surface area contributed by atoms with Gasteiger partial charge in [0.2, 0.25) is 0 Å². The molecule has 14 heavy (non-hydrogen) atoms. The van der Waals surface area contributed by atoms with E-state index in [1.165, 1.54) is 6.07 Å². The van der Waals surface area contributed by atoms with Crippen LogP contribution >= 0.6 is 11.3 Å². The Labute approximate surface area is 81.4 Å². The molecule has 0 unspecified atom stereocenters. The van der Waals surface area contributed by atoms with Crippen molar-refractivity contribution < 1.29 is 18.7 Å².